The minimum Gasteiger partial charge on any atom is -0.396 e. The lowest BCUT2D eigenvalue weighted by atomic mass is 10.2. The third-order valence-electron chi connectivity index (χ3n) is 1.60. The zero-order chi connectivity index (χ0) is 11.5. The summed E-state index contributed by atoms with van der Waals surface area (Å²) in [6.45, 7) is -0.144. The molecular weight excluding hydrogens is 293 g/mol. The Balaban J connectivity index is 3.03. The van der Waals surface area contributed by atoms with Crippen LogP contribution in [0.15, 0.2) is 27.6 Å². The Morgan fingerprint density at radius 3 is 2.53 bits per heavy atom. The monoisotopic (exact) mass is 300 g/mol. The molecule has 6 heteroatoms. The molecule has 0 atom stereocenters. The van der Waals surface area contributed by atoms with Crippen molar-refractivity contribution < 1.29 is 18.3 Å². The van der Waals surface area contributed by atoms with Gasteiger partial charge < -0.3 is 5.11 Å². The number of thioether (sulfide) groups is 1. The van der Waals surface area contributed by atoms with E-state index in [1.54, 1.807) is 0 Å². The normalized spacial score (nSPS) is 11.8. The smallest absolute Gasteiger partial charge is 0.396 e. The summed E-state index contributed by atoms with van der Waals surface area (Å²) in [5, 5.41) is 8.58. The Bertz CT molecular complexity index is 341. The fourth-order valence-corrected chi connectivity index (χ4v) is 2.38. The number of alkyl halides is 3. The maximum atomic E-state index is 12.5. The van der Waals surface area contributed by atoms with Crippen LogP contribution in [-0.2, 0) is 6.18 Å². The molecule has 0 bridgehead atoms. The number of hydrogen-bond donors (Lipinski definition) is 1. The van der Waals surface area contributed by atoms with Crippen LogP contribution in [0.2, 0.25) is 0 Å². The van der Waals surface area contributed by atoms with Crippen molar-refractivity contribution in [3.63, 3.8) is 0 Å². The van der Waals surface area contributed by atoms with E-state index >= 15 is 0 Å². The van der Waals surface area contributed by atoms with E-state index < -0.39 is 11.7 Å². The van der Waals surface area contributed by atoms with E-state index in [2.05, 4.69) is 15.9 Å². The molecule has 1 aromatic carbocycles. The molecule has 1 aromatic rings. The fourth-order valence-electron chi connectivity index (χ4n) is 1.01. The molecule has 1 N–H and O–H groups in total. The molecule has 0 aliphatic heterocycles. The Morgan fingerprint density at radius 1 is 1.33 bits per heavy atom. The lowest BCUT2D eigenvalue weighted by molar-refractivity contribution is -0.139. The summed E-state index contributed by atoms with van der Waals surface area (Å²) < 4.78 is 38.1. The summed E-state index contributed by atoms with van der Waals surface area (Å²) in [6.07, 6.45) is -4.35. The summed E-state index contributed by atoms with van der Waals surface area (Å²) in [7, 11) is 0. The standard InChI is InChI=1S/C9H8BrF3OS/c10-6-1-2-7(9(11,12)13)8(5-6)15-4-3-14/h1-2,5,14H,3-4H2. The Morgan fingerprint density at radius 2 is 2.00 bits per heavy atom. The molecule has 0 unspecified atom stereocenters. The molecular formula is C9H8BrF3OS. The van der Waals surface area contributed by atoms with Crippen LogP contribution in [0.5, 0.6) is 0 Å². The van der Waals surface area contributed by atoms with Crippen molar-refractivity contribution in [3.8, 4) is 0 Å². The Kier molecular flexibility index (Phi) is 4.48. The largest absolute Gasteiger partial charge is 0.417 e. The van der Waals surface area contributed by atoms with Gasteiger partial charge in [-0.15, -0.1) is 11.8 Å². The summed E-state index contributed by atoms with van der Waals surface area (Å²) in [5.41, 5.74) is -0.663. The maximum Gasteiger partial charge on any atom is 0.417 e. The van der Waals surface area contributed by atoms with Gasteiger partial charge in [-0.05, 0) is 18.2 Å². The van der Waals surface area contributed by atoms with E-state index in [1.807, 2.05) is 0 Å². The first-order valence-corrected chi connectivity index (χ1v) is 5.83. The van der Waals surface area contributed by atoms with Crippen molar-refractivity contribution >= 4 is 27.7 Å². The lowest BCUT2D eigenvalue weighted by Gasteiger charge is -2.12. The minimum absolute atomic E-state index is 0.130. The molecule has 0 saturated carbocycles. The summed E-state index contributed by atoms with van der Waals surface area (Å²) >= 11 is 4.10. The summed E-state index contributed by atoms with van der Waals surface area (Å²) in [5.74, 6) is 0.250. The van der Waals surface area contributed by atoms with Crippen LogP contribution in [0.1, 0.15) is 5.56 Å². The maximum absolute atomic E-state index is 12.5. The lowest BCUT2D eigenvalue weighted by Crippen LogP contribution is -2.07. The summed E-state index contributed by atoms with van der Waals surface area (Å²) in [4.78, 5) is 0.130. The third kappa shape index (κ3) is 3.70. The second kappa shape index (κ2) is 5.23. The van der Waals surface area contributed by atoms with E-state index in [0.29, 0.717) is 4.47 Å². The van der Waals surface area contributed by atoms with Gasteiger partial charge >= 0.3 is 6.18 Å². The molecule has 0 aliphatic rings. The van der Waals surface area contributed by atoms with Gasteiger partial charge in [-0.3, -0.25) is 0 Å². The van der Waals surface area contributed by atoms with E-state index in [-0.39, 0.29) is 17.3 Å². The number of aliphatic hydroxyl groups is 1. The van der Waals surface area contributed by atoms with E-state index in [0.717, 1.165) is 17.8 Å². The van der Waals surface area contributed by atoms with Crippen molar-refractivity contribution in [3.05, 3.63) is 28.2 Å². The van der Waals surface area contributed by atoms with Crippen molar-refractivity contribution in [1.29, 1.82) is 0 Å². The second-order valence-electron chi connectivity index (χ2n) is 2.71. The van der Waals surface area contributed by atoms with Crippen molar-refractivity contribution in [2.24, 2.45) is 0 Å². The molecule has 1 nitrogen and oxygen atoms in total. The van der Waals surface area contributed by atoms with Crippen molar-refractivity contribution in [2.45, 2.75) is 11.1 Å². The number of halogens is 4. The van der Waals surface area contributed by atoms with Crippen LogP contribution in [0.25, 0.3) is 0 Å². The summed E-state index contributed by atoms with van der Waals surface area (Å²) in [6, 6.07) is 3.79. The molecule has 15 heavy (non-hydrogen) atoms. The number of benzene rings is 1. The van der Waals surface area contributed by atoms with Crippen LogP contribution >= 0.6 is 27.7 Å². The SMILES string of the molecule is OCCSc1cc(Br)ccc1C(F)(F)F. The average Bonchev–Trinajstić information content (AvgIpc) is 2.12. The van der Waals surface area contributed by atoms with Crippen LogP contribution in [0.4, 0.5) is 13.2 Å². The highest BCUT2D eigenvalue weighted by Gasteiger charge is 2.33. The van der Waals surface area contributed by atoms with Gasteiger partial charge in [0.15, 0.2) is 0 Å². The molecule has 0 aliphatic carbocycles. The van der Waals surface area contributed by atoms with Gasteiger partial charge in [-0.2, -0.15) is 13.2 Å². The number of aliphatic hydroxyl groups excluding tert-OH is 1. The van der Waals surface area contributed by atoms with Gasteiger partial charge in [0.05, 0.1) is 12.2 Å². The molecule has 1 rings (SSSR count). The van der Waals surface area contributed by atoms with E-state index in [9.17, 15) is 13.2 Å². The highest BCUT2D eigenvalue weighted by atomic mass is 79.9. The van der Waals surface area contributed by atoms with Crippen LogP contribution in [0, 0.1) is 0 Å². The second-order valence-corrected chi connectivity index (χ2v) is 4.76. The molecule has 0 spiro atoms. The van der Waals surface area contributed by atoms with E-state index in [1.165, 1.54) is 12.1 Å². The van der Waals surface area contributed by atoms with Gasteiger partial charge in [0.1, 0.15) is 0 Å². The van der Waals surface area contributed by atoms with Crippen LogP contribution < -0.4 is 0 Å². The topological polar surface area (TPSA) is 20.2 Å². The molecule has 0 heterocycles. The zero-order valence-corrected chi connectivity index (χ0v) is 9.92. The average molecular weight is 301 g/mol. The van der Waals surface area contributed by atoms with Gasteiger partial charge in [-0.1, -0.05) is 15.9 Å². The first-order valence-electron chi connectivity index (χ1n) is 4.05. The Hall–Kier alpha value is -0.200. The highest BCUT2D eigenvalue weighted by molar-refractivity contribution is 9.10. The van der Waals surface area contributed by atoms with Crippen molar-refractivity contribution in [1.82, 2.24) is 0 Å². The predicted molar refractivity (Wildman–Crippen MR) is 57.0 cm³/mol. The quantitative estimate of drug-likeness (QED) is 0.862. The molecule has 84 valence electrons. The zero-order valence-electron chi connectivity index (χ0n) is 7.51. The van der Waals surface area contributed by atoms with Gasteiger partial charge in [-0.25, -0.2) is 0 Å². The van der Waals surface area contributed by atoms with Crippen molar-refractivity contribution in [2.75, 3.05) is 12.4 Å². The third-order valence-corrected chi connectivity index (χ3v) is 3.13. The van der Waals surface area contributed by atoms with Gasteiger partial charge in [0, 0.05) is 15.1 Å². The van der Waals surface area contributed by atoms with Crippen LogP contribution in [-0.4, -0.2) is 17.5 Å². The first-order chi connectivity index (χ1) is 6.95. The fraction of sp³-hybridized carbons (Fsp3) is 0.333. The highest BCUT2D eigenvalue weighted by Crippen LogP contribution is 2.37. The molecule has 0 radical (unpaired) electrons. The Labute approximate surface area is 97.8 Å². The molecule has 0 aromatic heterocycles. The molecule has 0 amide bonds. The number of rotatable bonds is 3. The van der Waals surface area contributed by atoms with E-state index in [4.69, 9.17) is 5.11 Å². The minimum atomic E-state index is -4.35. The predicted octanol–water partition coefficient (Wildman–Crippen LogP) is 3.55. The molecule has 0 saturated heterocycles. The number of hydrogen-bond acceptors (Lipinski definition) is 2. The van der Waals surface area contributed by atoms with Gasteiger partial charge in [0.25, 0.3) is 0 Å². The van der Waals surface area contributed by atoms with Gasteiger partial charge in [0.2, 0.25) is 0 Å². The first kappa shape index (κ1) is 12.9. The molecule has 0 fully saturated rings. The van der Waals surface area contributed by atoms with Crippen LogP contribution in [0.3, 0.4) is 0 Å².